The zero-order valence-corrected chi connectivity index (χ0v) is 13.9. The van der Waals surface area contributed by atoms with Crippen LogP contribution in [-0.2, 0) is 6.42 Å². The van der Waals surface area contributed by atoms with Crippen LogP contribution in [0.5, 0.6) is 0 Å². The zero-order chi connectivity index (χ0) is 18.1. The molecule has 2 heterocycles. The number of carbonyl (C=O) groups excluding carboxylic acids is 1. The highest BCUT2D eigenvalue weighted by atomic mass is 19.2. The monoisotopic (exact) mass is 350 g/mol. The van der Waals surface area contributed by atoms with Crippen LogP contribution in [0, 0.1) is 11.6 Å². The topological polar surface area (TPSA) is 33.2 Å². The first kappa shape index (κ1) is 16.4. The van der Waals surface area contributed by atoms with Crippen molar-refractivity contribution in [2.24, 2.45) is 0 Å². The number of pyridine rings is 1. The fraction of sp³-hybridized carbons (Fsp3) is 0.143. The minimum atomic E-state index is -1.02. The first-order chi connectivity index (χ1) is 12.6. The van der Waals surface area contributed by atoms with Crippen LogP contribution in [0.2, 0.25) is 0 Å². The quantitative estimate of drug-likeness (QED) is 0.696. The van der Waals surface area contributed by atoms with E-state index in [4.69, 9.17) is 0 Å². The predicted molar refractivity (Wildman–Crippen MR) is 93.6 cm³/mol. The molecule has 4 rings (SSSR count). The molecular formula is C21H16F2N2O. The molecular weight excluding hydrogens is 334 g/mol. The Morgan fingerprint density at radius 2 is 1.77 bits per heavy atom. The molecule has 1 unspecified atom stereocenters. The van der Waals surface area contributed by atoms with E-state index in [1.807, 2.05) is 30.3 Å². The molecule has 0 N–H and O–H groups in total. The van der Waals surface area contributed by atoms with Gasteiger partial charge in [-0.25, -0.2) is 8.78 Å². The first-order valence-corrected chi connectivity index (χ1v) is 8.39. The van der Waals surface area contributed by atoms with Gasteiger partial charge < -0.3 is 4.90 Å². The molecule has 0 radical (unpaired) electrons. The molecule has 0 bridgehead atoms. The third-order valence-electron chi connectivity index (χ3n) is 4.73. The second-order valence-electron chi connectivity index (χ2n) is 6.26. The summed E-state index contributed by atoms with van der Waals surface area (Å²) in [6, 6.07) is 14.7. The van der Waals surface area contributed by atoms with Gasteiger partial charge in [-0.05, 0) is 53.4 Å². The molecule has 3 aromatic rings. The number of halogens is 2. The SMILES string of the molecule is O=C(c1ccc(F)c(F)c1)N1CCc2ccccc2C1c1ccncc1. The molecule has 3 nitrogen and oxygen atoms in total. The minimum Gasteiger partial charge on any atom is -0.327 e. The average molecular weight is 350 g/mol. The summed E-state index contributed by atoms with van der Waals surface area (Å²) in [5, 5.41) is 0. The van der Waals surface area contributed by atoms with Gasteiger partial charge in [0, 0.05) is 24.5 Å². The maximum Gasteiger partial charge on any atom is 0.254 e. The van der Waals surface area contributed by atoms with Crippen LogP contribution in [0.4, 0.5) is 8.78 Å². The van der Waals surface area contributed by atoms with Crippen LogP contribution in [-0.4, -0.2) is 22.3 Å². The van der Waals surface area contributed by atoms with Crippen LogP contribution in [0.15, 0.2) is 67.0 Å². The summed E-state index contributed by atoms with van der Waals surface area (Å²) >= 11 is 0. The van der Waals surface area contributed by atoms with Crippen molar-refractivity contribution in [3.05, 3.63) is 101 Å². The van der Waals surface area contributed by atoms with Crippen molar-refractivity contribution in [2.45, 2.75) is 12.5 Å². The van der Waals surface area contributed by atoms with Crippen molar-refractivity contribution in [3.63, 3.8) is 0 Å². The molecule has 5 heteroatoms. The van der Waals surface area contributed by atoms with Gasteiger partial charge in [0.25, 0.3) is 5.91 Å². The largest absolute Gasteiger partial charge is 0.327 e. The zero-order valence-electron chi connectivity index (χ0n) is 13.9. The van der Waals surface area contributed by atoms with E-state index in [-0.39, 0.29) is 17.5 Å². The van der Waals surface area contributed by atoms with Crippen molar-refractivity contribution in [1.29, 1.82) is 0 Å². The van der Waals surface area contributed by atoms with Gasteiger partial charge >= 0.3 is 0 Å². The molecule has 1 atom stereocenters. The third kappa shape index (κ3) is 2.86. The molecule has 1 aliphatic rings. The maximum atomic E-state index is 13.6. The molecule has 0 spiro atoms. The van der Waals surface area contributed by atoms with E-state index in [0.717, 1.165) is 23.3 Å². The number of fused-ring (bicyclic) bond motifs is 1. The highest BCUT2D eigenvalue weighted by Gasteiger charge is 2.32. The van der Waals surface area contributed by atoms with Crippen LogP contribution < -0.4 is 0 Å². The number of amides is 1. The van der Waals surface area contributed by atoms with Gasteiger partial charge in [0.2, 0.25) is 0 Å². The minimum absolute atomic E-state index is 0.141. The summed E-state index contributed by atoms with van der Waals surface area (Å²) in [6.07, 6.45) is 4.09. The molecule has 130 valence electrons. The summed E-state index contributed by atoms with van der Waals surface area (Å²) in [6.45, 7) is 0.502. The normalized spacial score (nSPS) is 16.2. The van der Waals surface area contributed by atoms with Crippen LogP contribution in [0.25, 0.3) is 0 Å². The number of nitrogens with zero attached hydrogens (tertiary/aromatic N) is 2. The smallest absolute Gasteiger partial charge is 0.254 e. The van der Waals surface area contributed by atoms with E-state index >= 15 is 0 Å². The number of hydrogen-bond acceptors (Lipinski definition) is 2. The lowest BCUT2D eigenvalue weighted by Gasteiger charge is -2.37. The standard InChI is InChI=1S/C21H16F2N2O/c22-18-6-5-16(13-19(18)23)21(26)25-12-9-14-3-1-2-4-17(14)20(25)15-7-10-24-11-8-15/h1-8,10-11,13,20H,9,12H2. The van der Waals surface area contributed by atoms with Gasteiger partial charge in [0.15, 0.2) is 11.6 Å². The van der Waals surface area contributed by atoms with Gasteiger partial charge in [-0.15, -0.1) is 0 Å². The number of rotatable bonds is 2. The van der Waals surface area contributed by atoms with Crippen LogP contribution in [0.1, 0.15) is 33.1 Å². The highest BCUT2D eigenvalue weighted by Crippen LogP contribution is 2.35. The number of aromatic nitrogens is 1. The first-order valence-electron chi connectivity index (χ1n) is 8.39. The van der Waals surface area contributed by atoms with Crippen molar-refractivity contribution >= 4 is 5.91 Å². The second-order valence-corrected chi connectivity index (χ2v) is 6.26. The van der Waals surface area contributed by atoms with E-state index in [1.54, 1.807) is 17.3 Å². The predicted octanol–water partition coefficient (Wildman–Crippen LogP) is 4.15. The molecule has 1 amide bonds. The van der Waals surface area contributed by atoms with Crippen molar-refractivity contribution in [2.75, 3.05) is 6.54 Å². The molecule has 0 fully saturated rings. The Kier molecular flexibility index (Phi) is 4.21. The average Bonchev–Trinajstić information content (AvgIpc) is 2.69. The molecule has 26 heavy (non-hydrogen) atoms. The lowest BCUT2D eigenvalue weighted by Crippen LogP contribution is -2.40. The summed E-state index contributed by atoms with van der Waals surface area (Å²) in [5.74, 6) is -2.30. The Bertz CT molecular complexity index is 959. The number of benzene rings is 2. The second kappa shape index (κ2) is 6.67. The Hall–Kier alpha value is -3.08. The maximum absolute atomic E-state index is 13.6. The van der Waals surface area contributed by atoms with E-state index in [0.29, 0.717) is 13.0 Å². The lowest BCUT2D eigenvalue weighted by molar-refractivity contribution is 0.0694. The summed E-state index contributed by atoms with van der Waals surface area (Å²) in [5.41, 5.74) is 3.30. The van der Waals surface area contributed by atoms with Gasteiger partial charge in [-0.3, -0.25) is 9.78 Å². The van der Waals surface area contributed by atoms with E-state index in [9.17, 15) is 13.6 Å². The summed E-state index contributed by atoms with van der Waals surface area (Å²) < 4.78 is 26.8. The molecule has 0 saturated carbocycles. The van der Waals surface area contributed by atoms with Gasteiger partial charge in [-0.1, -0.05) is 24.3 Å². The molecule has 0 aliphatic carbocycles. The molecule has 1 aliphatic heterocycles. The van der Waals surface area contributed by atoms with Gasteiger partial charge in [0.1, 0.15) is 0 Å². The van der Waals surface area contributed by atoms with Crippen molar-refractivity contribution in [3.8, 4) is 0 Å². The molecule has 1 aromatic heterocycles. The van der Waals surface area contributed by atoms with Gasteiger partial charge in [0.05, 0.1) is 6.04 Å². The van der Waals surface area contributed by atoms with Gasteiger partial charge in [-0.2, -0.15) is 0 Å². The van der Waals surface area contributed by atoms with Crippen LogP contribution >= 0.6 is 0 Å². The van der Waals surface area contributed by atoms with E-state index in [1.165, 1.54) is 11.6 Å². The summed E-state index contributed by atoms with van der Waals surface area (Å²) in [4.78, 5) is 18.8. The van der Waals surface area contributed by atoms with Crippen molar-refractivity contribution in [1.82, 2.24) is 9.88 Å². The number of hydrogen-bond donors (Lipinski definition) is 0. The Labute approximate surface area is 149 Å². The van der Waals surface area contributed by atoms with Crippen LogP contribution in [0.3, 0.4) is 0 Å². The lowest BCUT2D eigenvalue weighted by atomic mass is 9.88. The number of carbonyl (C=O) groups is 1. The third-order valence-corrected chi connectivity index (χ3v) is 4.73. The van der Waals surface area contributed by atoms with Crippen molar-refractivity contribution < 1.29 is 13.6 Å². The Morgan fingerprint density at radius 1 is 1.00 bits per heavy atom. The molecule has 0 saturated heterocycles. The Morgan fingerprint density at radius 3 is 2.54 bits per heavy atom. The molecule has 2 aromatic carbocycles. The highest BCUT2D eigenvalue weighted by molar-refractivity contribution is 5.95. The van der Waals surface area contributed by atoms with E-state index in [2.05, 4.69) is 11.1 Å². The Balaban J connectivity index is 1.79. The van der Waals surface area contributed by atoms with E-state index < -0.39 is 11.6 Å². The fourth-order valence-electron chi connectivity index (χ4n) is 3.49. The summed E-state index contributed by atoms with van der Waals surface area (Å²) in [7, 11) is 0. The fourth-order valence-corrected chi connectivity index (χ4v) is 3.49.